The summed E-state index contributed by atoms with van der Waals surface area (Å²) in [7, 11) is -4.20. The molecule has 0 aliphatic heterocycles. The number of allylic oxidation sites excluding steroid dienone is 2. The van der Waals surface area contributed by atoms with Gasteiger partial charge in [-0.3, -0.25) is 4.79 Å². The second-order valence-electron chi connectivity index (χ2n) is 5.92. The molecule has 1 aliphatic rings. The normalized spacial score (nSPS) is 19.1. The van der Waals surface area contributed by atoms with Gasteiger partial charge in [-0.15, -0.1) is 13.2 Å². The van der Waals surface area contributed by atoms with Gasteiger partial charge in [-0.25, -0.2) is 8.42 Å². The molecule has 0 heterocycles. The number of aliphatic carboxylic acids is 1. The Morgan fingerprint density at radius 2 is 1.92 bits per heavy atom. The van der Waals surface area contributed by atoms with Gasteiger partial charge in [0.1, 0.15) is 11.8 Å². The van der Waals surface area contributed by atoms with Crippen molar-refractivity contribution in [1.29, 1.82) is 0 Å². The molecule has 26 heavy (non-hydrogen) atoms. The highest BCUT2D eigenvalue weighted by molar-refractivity contribution is 7.89. The van der Waals surface area contributed by atoms with Crippen molar-refractivity contribution >= 4 is 16.0 Å². The molecule has 0 saturated heterocycles. The molecular weight excluding hydrogens is 375 g/mol. The molecule has 1 aromatic carbocycles. The number of nitrogens with one attached hydrogen (secondary N) is 1. The molecule has 0 bridgehead atoms. The van der Waals surface area contributed by atoms with Gasteiger partial charge >= 0.3 is 12.3 Å². The van der Waals surface area contributed by atoms with Gasteiger partial charge in [-0.1, -0.05) is 12.2 Å². The zero-order valence-electron chi connectivity index (χ0n) is 13.6. The molecule has 2 rings (SSSR count). The number of carboxylic acid groups (broad SMARTS) is 1. The van der Waals surface area contributed by atoms with Crippen LogP contribution in [0, 0.1) is 5.92 Å². The topological polar surface area (TPSA) is 92.7 Å². The minimum absolute atomic E-state index is 0.0476. The molecule has 1 aromatic rings. The molecule has 2 atom stereocenters. The van der Waals surface area contributed by atoms with Crippen molar-refractivity contribution in [3.8, 4) is 5.75 Å². The Hall–Kier alpha value is -2.07. The van der Waals surface area contributed by atoms with Crippen molar-refractivity contribution in [3.05, 3.63) is 36.4 Å². The van der Waals surface area contributed by atoms with Gasteiger partial charge < -0.3 is 9.84 Å². The average molecular weight is 393 g/mol. The van der Waals surface area contributed by atoms with Crippen LogP contribution in [0.5, 0.6) is 5.75 Å². The zero-order chi connectivity index (χ0) is 19.4. The summed E-state index contributed by atoms with van der Waals surface area (Å²) < 4.78 is 66.9. The second kappa shape index (κ2) is 8.09. The molecule has 0 radical (unpaired) electrons. The summed E-state index contributed by atoms with van der Waals surface area (Å²) in [5, 5.41) is 9.30. The molecule has 0 aromatic heterocycles. The van der Waals surface area contributed by atoms with Gasteiger partial charge in [0, 0.05) is 0 Å². The average Bonchev–Trinajstić information content (AvgIpc) is 2.54. The van der Waals surface area contributed by atoms with Crippen molar-refractivity contribution in [2.75, 3.05) is 0 Å². The Bertz CT molecular complexity index is 759. The third kappa shape index (κ3) is 6.03. The molecule has 1 aliphatic carbocycles. The summed E-state index contributed by atoms with van der Waals surface area (Å²) in [6.07, 6.45) is 1.42. The van der Waals surface area contributed by atoms with Crippen molar-refractivity contribution < 1.29 is 36.2 Å². The first kappa shape index (κ1) is 20.2. The van der Waals surface area contributed by atoms with Gasteiger partial charge in [0.15, 0.2) is 0 Å². The first-order valence-corrected chi connectivity index (χ1v) is 9.31. The number of alkyl halides is 3. The van der Waals surface area contributed by atoms with Crippen LogP contribution in [0.15, 0.2) is 41.3 Å². The Kier molecular flexibility index (Phi) is 6.30. The summed E-state index contributed by atoms with van der Waals surface area (Å²) in [5.74, 6) is -1.83. The minimum atomic E-state index is -4.89. The molecule has 6 nitrogen and oxygen atoms in total. The number of hydrogen-bond acceptors (Lipinski definition) is 4. The molecule has 144 valence electrons. The summed E-state index contributed by atoms with van der Waals surface area (Å²) in [6.45, 7) is 0. The largest absolute Gasteiger partial charge is 0.573 e. The van der Waals surface area contributed by atoms with Crippen LogP contribution in [0.25, 0.3) is 0 Å². The zero-order valence-corrected chi connectivity index (χ0v) is 14.4. The van der Waals surface area contributed by atoms with E-state index in [0.717, 1.165) is 37.1 Å². The first-order valence-electron chi connectivity index (χ1n) is 7.83. The fraction of sp³-hybridized carbons (Fsp3) is 0.438. The lowest BCUT2D eigenvalue weighted by molar-refractivity contribution is -0.274. The fourth-order valence-corrected chi connectivity index (χ4v) is 3.88. The van der Waals surface area contributed by atoms with E-state index in [9.17, 15) is 31.5 Å². The second-order valence-corrected chi connectivity index (χ2v) is 7.63. The summed E-state index contributed by atoms with van der Waals surface area (Å²) in [4.78, 5) is 11.1. The summed E-state index contributed by atoms with van der Waals surface area (Å²) >= 11 is 0. The number of ether oxygens (including phenoxy) is 1. The van der Waals surface area contributed by atoms with Crippen LogP contribution in [0.4, 0.5) is 13.2 Å². The van der Waals surface area contributed by atoms with Gasteiger partial charge in [0.2, 0.25) is 10.0 Å². The predicted molar refractivity (Wildman–Crippen MR) is 86.0 cm³/mol. The van der Waals surface area contributed by atoms with Crippen molar-refractivity contribution in [3.63, 3.8) is 0 Å². The lowest BCUT2D eigenvalue weighted by atomic mass is 9.89. The van der Waals surface area contributed by atoms with E-state index in [1.54, 1.807) is 0 Å². The van der Waals surface area contributed by atoms with Crippen LogP contribution >= 0.6 is 0 Å². The fourth-order valence-electron chi connectivity index (χ4n) is 2.68. The van der Waals surface area contributed by atoms with Crippen molar-refractivity contribution in [2.45, 2.75) is 43.0 Å². The maximum atomic E-state index is 12.3. The first-order chi connectivity index (χ1) is 12.1. The molecule has 0 fully saturated rings. The number of carbonyl (C=O) groups is 1. The van der Waals surface area contributed by atoms with E-state index in [4.69, 9.17) is 0 Å². The van der Waals surface area contributed by atoms with Crippen LogP contribution in [-0.4, -0.2) is 31.9 Å². The number of rotatable bonds is 7. The Morgan fingerprint density at radius 3 is 2.42 bits per heavy atom. The number of halogens is 3. The van der Waals surface area contributed by atoms with Crippen LogP contribution in [0.2, 0.25) is 0 Å². The number of hydrogen-bond donors (Lipinski definition) is 2. The SMILES string of the molecule is O=C(O)C(C[C@H]1CC=CCC1)NS(=O)(=O)c1ccc(OC(F)(F)F)cc1. The van der Waals surface area contributed by atoms with Gasteiger partial charge in [0.05, 0.1) is 4.90 Å². The molecule has 0 saturated carbocycles. The van der Waals surface area contributed by atoms with E-state index >= 15 is 0 Å². The van der Waals surface area contributed by atoms with E-state index in [-0.39, 0.29) is 17.2 Å². The Labute approximate surface area is 148 Å². The van der Waals surface area contributed by atoms with E-state index in [0.29, 0.717) is 6.42 Å². The highest BCUT2D eigenvalue weighted by atomic mass is 32.2. The van der Waals surface area contributed by atoms with E-state index in [1.165, 1.54) is 0 Å². The lowest BCUT2D eigenvalue weighted by Gasteiger charge is -2.22. The van der Waals surface area contributed by atoms with E-state index < -0.39 is 34.1 Å². The van der Waals surface area contributed by atoms with Gasteiger partial charge in [0.25, 0.3) is 0 Å². The monoisotopic (exact) mass is 393 g/mol. The van der Waals surface area contributed by atoms with Crippen molar-refractivity contribution in [1.82, 2.24) is 4.72 Å². The third-order valence-electron chi connectivity index (χ3n) is 3.91. The van der Waals surface area contributed by atoms with Crippen LogP contribution in [-0.2, 0) is 14.8 Å². The quantitative estimate of drug-likeness (QED) is 0.695. The molecule has 2 N–H and O–H groups in total. The summed E-state index contributed by atoms with van der Waals surface area (Å²) in [5.41, 5.74) is 0. The molecule has 0 amide bonds. The van der Waals surface area contributed by atoms with E-state index in [1.807, 2.05) is 12.2 Å². The summed E-state index contributed by atoms with van der Waals surface area (Å²) in [6, 6.07) is 2.23. The smallest absolute Gasteiger partial charge is 0.480 e. The minimum Gasteiger partial charge on any atom is -0.480 e. The standard InChI is InChI=1S/C16H18F3NO5S/c17-16(18,19)25-12-6-8-13(9-7-12)26(23,24)20-14(15(21)22)10-11-4-2-1-3-5-11/h1-2,6-9,11,14,20H,3-5,10H2,(H,21,22)/t11-,14?/m0/s1. The van der Waals surface area contributed by atoms with Gasteiger partial charge in [-0.2, -0.15) is 4.72 Å². The Morgan fingerprint density at radius 1 is 1.27 bits per heavy atom. The molecule has 1 unspecified atom stereocenters. The maximum absolute atomic E-state index is 12.3. The number of sulfonamides is 1. The lowest BCUT2D eigenvalue weighted by Crippen LogP contribution is -2.42. The highest BCUT2D eigenvalue weighted by Crippen LogP contribution is 2.25. The molecule has 10 heteroatoms. The maximum Gasteiger partial charge on any atom is 0.573 e. The van der Waals surface area contributed by atoms with Crippen LogP contribution < -0.4 is 9.46 Å². The van der Waals surface area contributed by atoms with E-state index in [2.05, 4.69) is 9.46 Å². The van der Waals surface area contributed by atoms with Crippen LogP contribution in [0.3, 0.4) is 0 Å². The highest BCUT2D eigenvalue weighted by Gasteiger charge is 2.32. The molecular formula is C16H18F3NO5S. The number of carboxylic acids is 1. The van der Waals surface area contributed by atoms with Crippen LogP contribution in [0.1, 0.15) is 25.7 Å². The predicted octanol–water partition coefficient (Wildman–Crippen LogP) is 3.06. The number of benzene rings is 1. The Balaban J connectivity index is 2.09. The van der Waals surface area contributed by atoms with Crippen molar-refractivity contribution in [2.24, 2.45) is 5.92 Å². The van der Waals surface area contributed by atoms with Gasteiger partial charge in [-0.05, 0) is 55.9 Å². The molecule has 0 spiro atoms. The third-order valence-corrected chi connectivity index (χ3v) is 5.40.